The third kappa shape index (κ3) is 19.5. The zero-order valence-corrected chi connectivity index (χ0v) is 39.8. The molecular weight excluding hydrogens is 851 g/mol. The van der Waals surface area contributed by atoms with Crippen LogP contribution in [-0.2, 0) is 39.9 Å². The first-order valence-electron chi connectivity index (χ1n) is 23.6. The number of nitrogens with one attached hydrogen (secondary N) is 4. The largest absolute Gasteiger partial charge is 0.379 e. The predicted octanol–water partition coefficient (Wildman–Crippen LogP) is 4.86. The van der Waals surface area contributed by atoms with Gasteiger partial charge in [0.15, 0.2) is 0 Å². The molecule has 5 rings (SSSR count). The Labute approximate surface area is 389 Å². The maximum absolute atomic E-state index is 12.9. The van der Waals surface area contributed by atoms with Crippen LogP contribution < -0.4 is 21.3 Å². The summed E-state index contributed by atoms with van der Waals surface area (Å²) < 4.78 is 16.6. The second-order valence-electron chi connectivity index (χ2n) is 16.7. The molecule has 0 spiro atoms. The minimum absolute atomic E-state index is 0.0150. The Balaban J connectivity index is 0.00000456. The maximum atomic E-state index is 12.9. The van der Waals surface area contributed by atoms with Gasteiger partial charge in [-0.1, -0.05) is 39.3 Å². The van der Waals surface area contributed by atoms with Crippen molar-refractivity contribution in [3.05, 3.63) is 59.4 Å². The summed E-state index contributed by atoms with van der Waals surface area (Å²) in [5.41, 5.74) is 2.57. The number of aromatic nitrogens is 1. The van der Waals surface area contributed by atoms with Gasteiger partial charge < -0.3 is 45.2 Å². The van der Waals surface area contributed by atoms with Crippen LogP contribution in [0.15, 0.2) is 42.6 Å². The molecule has 17 heteroatoms. The van der Waals surface area contributed by atoms with Crippen LogP contribution in [0.1, 0.15) is 112 Å². The number of aldehydes is 1. The van der Waals surface area contributed by atoms with Crippen LogP contribution in [-0.4, -0.2) is 146 Å². The number of carbonyl (C=O) groups is 6. The molecule has 3 fully saturated rings. The lowest BCUT2D eigenvalue weighted by atomic mass is 9.97. The second-order valence-corrected chi connectivity index (χ2v) is 18.0. The zero-order valence-electron chi connectivity index (χ0n) is 39.0. The molecule has 360 valence electrons. The first-order chi connectivity index (χ1) is 31.6. The van der Waals surface area contributed by atoms with Crippen molar-refractivity contribution in [1.29, 1.82) is 0 Å². The fourth-order valence-corrected chi connectivity index (χ4v) is 9.65. The molecule has 0 bridgehead atoms. The summed E-state index contributed by atoms with van der Waals surface area (Å²) in [5, 5.41) is 12.4. The highest BCUT2D eigenvalue weighted by atomic mass is 32.2. The Kier molecular flexibility index (Phi) is 24.5. The van der Waals surface area contributed by atoms with Gasteiger partial charge in [-0.3, -0.25) is 33.9 Å². The van der Waals surface area contributed by atoms with Crippen LogP contribution >= 0.6 is 11.8 Å². The van der Waals surface area contributed by atoms with Crippen LogP contribution in [0.5, 0.6) is 0 Å². The van der Waals surface area contributed by atoms with Gasteiger partial charge in [0, 0.05) is 87.7 Å². The van der Waals surface area contributed by atoms with Crippen molar-refractivity contribution in [1.82, 2.24) is 30.7 Å². The average Bonchev–Trinajstić information content (AvgIpc) is 3.66. The van der Waals surface area contributed by atoms with E-state index in [0.717, 1.165) is 75.0 Å². The summed E-state index contributed by atoms with van der Waals surface area (Å²) in [5.74, 6) is 1.08. The Bertz CT molecular complexity index is 1750. The number of carbonyl (C=O) groups excluding carboxylic acids is 6. The van der Waals surface area contributed by atoms with Crippen molar-refractivity contribution >= 4 is 53.3 Å². The summed E-state index contributed by atoms with van der Waals surface area (Å²) in [4.78, 5) is 81.2. The molecule has 3 atom stereocenters. The van der Waals surface area contributed by atoms with E-state index in [1.54, 1.807) is 24.0 Å². The summed E-state index contributed by atoms with van der Waals surface area (Å²) >= 11 is 1.92. The minimum atomic E-state index is -0.252. The van der Waals surface area contributed by atoms with Crippen LogP contribution in [0.3, 0.4) is 0 Å². The fourth-order valence-electron chi connectivity index (χ4n) is 8.02. The summed E-state index contributed by atoms with van der Waals surface area (Å²) in [6, 6.07) is 11.3. The standard InChI is InChI=1S/C46H67N7O9S.C2H6/c1-33-32-63-41(44(33)49-34(2)55)5-3-4-6-42(56)47-18-24-61-26-28-62-27-25-60-23-17-43(57)50-38-10-7-35(8-11-38)30-52-19-15-39(16-20-52)51-45(58)40-12-9-37(29-48-40)46(59)53-21-13-36(31-54)14-22-53;1-2/h7-12,29,31,33,36,39,41,44H,3-6,13-28,30,32H2,1-2H3,(H,47,56)(H,49,55)(H,50,57)(H,51,58);1-2H3. The molecule has 16 nitrogen and oxygen atoms in total. The van der Waals surface area contributed by atoms with Crippen LogP contribution in [0.2, 0.25) is 0 Å². The van der Waals surface area contributed by atoms with Crippen molar-refractivity contribution in [3.63, 3.8) is 0 Å². The summed E-state index contributed by atoms with van der Waals surface area (Å²) in [7, 11) is 0. The van der Waals surface area contributed by atoms with Crippen LogP contribution in [0, 0.1) is 11.8 Å². The maximum Gasteiger partial charge on any atom is 0.270 e. The topological polar surface area (TPSA) is 198 Å². The Hall–Kier alpha value is -4.42. The number of anilines is 1. The SMILES string of the molecule is CC.CC(=O)NC1C(C)CSC1CCCCC(=O)NCCOCCOCCOCCC(=O)Nc1ccc(CN2CCC(NC(=O)c3ccc(C(=O)N4CCC(C=O)CC4)cn3)CC2)cc1. The number of nitrogens with zero attached hydrogens (tertiary/aromatic N) is 3. The molecule has 4 heterocycles. The number of unbranched alkanes of at least 4 members (excludes halogenated alkanes) is 1. The fraction of sp³-hybridized carbons (Fsp3) is 0.646. The zero-order chi connectivity index (χ0) is 46.8. The first-order valence-corrected chi connectivity index (χ1v) is 24.6. The lowest BCUT2D eigenvalue weighted by Crippen LogP contribution is -2.44. The Morgan fingerprint density at radius 2 is 1.48 bits per heavy atom. The molecule has 65 heavy (non-hydrogen) atoms. The van der Waals surface area contributed by atoms with E-state index in [1.165, 1.54) is 6.20 Å². The van der Waals surface area contributed by atoms with Gasteiger partial charge in [0.05, 0.1) is 51.6 Å². The quantitative estimate of drug-likeness (QED) is 0.0781. The molecule has 0 aliphatic carbocycles. The molecule has 1 aromatic carbocycles. The van der Waals surface area contributed by atoms with Crippen molar-refractivity contribution < 1.29 is 43.0 Å². The van der Waals surface area contributed by atoms with E-state index in [1.807, 2.05) is 49.9 Å². The predicted molar refractivity (Wildman–Crippen MR) is 253 cm³/mol. The summed E-state index contributed by atoms with van der Waals surface area (Å²) in [6.45, 7) is 14.0. The van der Waals surface area contributed by atoms with E-state index in [-0.39, 0.29) is 66.3 Å². The molecule has 2 aromatic rings. The highest BCUT2D eigenvalue weighted by Crippen LogP contribution is 2.35. The molecular formula is C48H73N7O9S. The molecule has 3 unspecified atom stereocenters. The second kappa shape index (κ2) is 30.0. The Morgan fingerprint density at radius 1 is 0.800 bits per heavy atom. The van der Waals surface area contributed by atoms with Crippen molar-refractivity contribution in [2.45, 2.75) is 109 Å². The molecule has 1 aromatic heterocycles. The number of piperidine rings is 2. The van der Waals surface area contributed by atoms with Gasteiger partial charge in [0.25, 0.3) is 11.8 Å². The van der Waals surface area contributed by atoms with Gasteiger partial charge in [-0.05, 0) is 80.0 Å². The highest BCUT2D eigenvalue weighted by Gasteiger charge is 2.34. The lowest BCUT2D eigenvalue weighted by Gasteiger charge is -2.32. The number of benzene rings is 1. The number of ether oxygens (including phenoxy) is 3. The number of hydrogen-bond donors (Lipinski definition) is 4. The van der Waals surface area contributed by atoms with E-state index in [4.69, 9.17) is 14.2 Å². The third-order valence-corrected chi connectivity index (χ3v) is 13.4. The first kappa shape index (κ1) is 53.2. The van der Waals surface area contributed by atoms with Gasteiger partial charge in [-0.2, -0.15) is 11.8 Å². The van der Waals surface area contributed by atoms with E-state index in [0.29, 0.717) is 88.7 Å². The van der Waals surface area contributed by atoms with E-state index < -0.39 is 0 Å². The van der Waals surface area contributed by atoms with Crippen molar-refractivity contribution in [3.8, 4) is 0 Å². The number of thioether (sulfide) groups is 1. The minimum Gasteiger partial charge on any atom is -0.379 e. The number of amides is 5. The van der Waals surface area contributed by atoms with Crippen molar-refractivity contribution in [2.75, 3.05) is 83.4 Å². The normalized spacial score (nSPS) is 19.1. The third-order valence-electron chi connectivity index (χ3n) is 11.7. The van der Waals surface area contributed by atoms with Crippen LogP contribution in [0.25, 0.3) is 0 Å². The van der Waals surface area contributed by atoms with Gasteiger partial charge in [-0.25, -0.2) is 0 Å². The lowest BCUT2D eigenvalue weighted by molar-refractivity contribution is -0.121. The average molecular weight is 924 g/mol. The number of rotatable bonds is 25. The van der Waals surface area contributed by atoms with Crippen LogP contribution in [0.4, 0.5) is 5.69 Å². The van der Waals surface area contributed by atoms with Gasteiger partial charge in [0.2, 0.25) is 17.7 Å². The number of hydrogen-bond acceptors (Lipinski definition) is 12. The molecule has 5 amide bonds. The Morgan fingerprint density at radius 3 is 2.12 bits per heavy atom. The smallest absolute Gasteiger partial charge is 0.270 e. The van der Waals surface area contributed by atoms with Crippen molar-refractivity contribution in [2.24, 2.45) is 11.8 Å². The molecule has 0 saturated carbocycles. The van der Waals surface area contributed by atoms with E-state index in [2.05, 4.69) is 38.1 Å². The summed E-state index contributed by atoms with van der Waals surface area (Å²) in [6.07, 6.45) is 8.88. The molecule has 3 aliphatic heterocycles. The molecule has 3 saturated heterocycles. The highest BCUT2D eigenvalue weighted by molar-refractivity contribution is 8.00. The van der Waals surface area contributed by atoms with Gasteiger partial charge >= 0.3 is 0 Å². The molecule has 0 radical (unpaired) electrons. The van der Waals surface area contributed by atoms with Gasteiger partial charge in [0.1, 0.15) is 12.0 Å². The van der Waals surface area contributed by atoms with E-state index >= 15 is 0 Å². The molecule has 4 N–H and O–H groups in total. The monoisotopic (exact) mass is 924 g/mol. The van der Waals surface area contributed by atoms with Gasteiger partial charge in [-0.15, -0.1) is 0 Å². The number of pyridine rings is 1. The van der Waals surface area contributed by atoms with E-state index in [9.17, 15) is 28.8 Å². The number of likely N-dealkylation sites (tertiary alicyclic amines) is 2. The molecule has 3 aliphatic rings.